The van der Waals surface area contributed by atoms with Gasteiger partial charge in [-0.2, -0.15) is 4.31 Å². The molecule has 0 saturated heterocycles. The second-order valence-corrected chi connectivity index (χ2v) is 9.32. The summed E-state index contributed by atoms with van der Waals surface area (Å²) in [6, 6.07) is 13.5. The average molecular weight is 449 g/mol. The maximum atomic E-state index is 13.0. The van der Waals surface area contributed by atoms with Crippen LogP contribution in [0.3, 0.4) is 0 Å². The zero-order chi connectivity index (χ0) is 22.0. The summed E-state index contributed by atoms with van der Waals surface area (Å²) in [6.45, 7) is 5.12. The van der Waals surface area contributed by atoms with Crippen molar-refractivity contribution in [2.75, 3.05) is 18.4 Å². The quantitative estimate of drug-likeness (QED) is 0.456. The summed E-state index contributed by atoms with van der Waals surface area (Å²) in [6.07, 6.45) is 6.55. The molecule has 0 aromatic heterocycles. The predicted molar refractivity (Wildman–Crippen MR) is 124 cm³/mol. The van der Waals surface area contributed by atoms with Gasteiger partial charge in [-0.1, -0.05) is 56.5 Å². The Morgan fingerprint density at radius 2 is 1.60 bits per heavy atom. The number of benzene rings is 2. The number of carbonyl (C=O) groups is 1. The Bertz CT molecular complexity index is 949. The number of unbranched alkanes of at least 4 members (excludes halogenated alkanes) is 2. The number of carbonyl (C=O) groups excluding carboxylic acids is 1. The SMILES string of the molecule is CCCCN(CCCC)S(=O)(=O)c1ccc(NC(=O)/C=C/c2ccccc2Cl)cc1. The van der Waals surface area contributed by atoms with E-state index in [0.29, 0.717) is 23.8 Å². The van der Waals surface area contributed by atoms with Gasteiger partial charge in [0.15, 0.2) is 0 Å². The van der Waals surface area contributed by atoms with Crippen molar-refractivity contribution in [2.24, 2.45) is 0 Å². The van der Waals surface area contributed by atoms with Crippen LogP contribution in [0.25, 0.3) is 6.08 Å². The van der Waals surface area contributed by atoms with Crippen LogP contribution in [0.5, 0.6) is 0 Å². The first-order chi connectivity index (χ1) is 14.4. The second kappa shape index (κ2) is 11.9. The Labute approximate surface area is 184 Å². The van der Waals surface area contributed by atoms with Gasteiger partial charge in [-0.25, -0.2) is 8.42 Å². The van der Waals surface area contributed by atoms with Gasteiger partial charge in [-0.15, -0.1) is 0 Å². The molecule has 0 aliphatic carbocycles. The van der Waals surface area contributed by atoms with Gasteiger partial charge in [0.05, 0.1) is 4.90 Å². The minimum Gasteiger partial charge on any atom is -0.323 e. The molecule has 2 aromatic rings. The van der Waals surface area contributed by atoms with Gasteiger partial charge in [0.2, 0.25) is 15.9 Å². The number of hydrogen-bond acceptors (Lipinski definition) is 3. The van der Waals surface area contributed by atoms with E-state index in [2.05, 4.69) is 5.32 Å². The van der Waals surface area contributed by atoms with Crippen LogP contribution in [0, 0.1) is 0 Å². The van der Waals surface area contributed by atoms with Crippen molar-refractivity contribution < 1.29 is 13.2 Å². The number of anilines is 1. The second-order valence-electron chi connectivity index (χ2n) is 6.98. The molecule has 2 rings (SSSR count). The molecule has 0 heterocycles. The van der Waals surface area contributed by atoms with Crippen molar-refractivity contribution in [3.8, 4) is 0 Å². The Kier molecular flexibility index (Phi) is 9.56. The number of sulfonamides is 1. The fraction of sp³-hybridized carbons (Fsp3) is 0.348. The molecular formula is C23H29ClN2O3S. The molecule has 0 radical (unpaired) electrons. The lowest BCUT2D eigenvalue weighted by Crippen LogP contribution is -2.33. The van der Waals surface area contributed by atoms with E-state index in [0.717, 1.165) is 31.2 Å². The summed E-state index contributed by atoms with van der Waals surface area (Å²) in [7, 11) is -3.55. The molecule has 0 saturated carbocycles. The minimum atomic E-state index is -3.55. The lowest BCUT2D eigenvalue weighted by Gasteiger charge is -2.22. The highest BCUT2D eigenvalue weighted by Crippen LogP contribution is 2.20. The van der Waals surface area contributed by atoms with Crippen molar-refractivity contribution >= 4 is 39.3 Å². The Hall–Kier alpha value is -2.15. The summed E-state index contributed by atoms with van der Waals surface area (Å²) >= 11 is 6.07. The van der Waals surface area contributed by atoms with Crippen LogP contribution in [0.2, 0.25) is 5.02 Å². The third kappa shape index (κ3) is 6.97. The van der Waals surface area contributed by atoms with Crippen LogP contribution in [0.4, 0.5) is 5.69 Å². The summed E-state index contributed by atoms with van der Waals surface area (Å²) in [5, 5.41) is 3.29. The molecular weight excluding hydrogens is 420 g/mol. The van der Waals surface area contributed by atoms with E-state index in [1.165, 1.54) is 18.2 Å². The molecule has 30 heavy (non-hydrogen) atoms. The van der Waals surface area contributed by atoms with Gasteiger partial charge in [-0.3, -0.25) is 4.79 Å². The summed E-state index contributed by atoms with van der Waals surface area (Å²) < 4.78 is 27.5. The molecule has 162 valence electrons. The molecule has 1 N–H and O–H groups in total. The fourth-order valence-corrected chi connectivity index (χ4v) is 4.56. The standard InChI is InChI=1S/C23H29ClN2O3S/c1-3-5-17-26(18-6-4-2)30(28,29)21-14-12-20(13-15-21)25-23(27)16-11-19-9-7-8-10-22(19)24/h7-16H,3-6,17-18H2,1-2H3,(H,25,27)/b16-11+. The van der Waals surface area contributed by atoms with Crippen LogP contribution < -0.4 is 5.32 Å². The third-order valence-electron chi connectivity index (χ3n) is 4.60. The van der Waals surface area contributed by atoms with Crippen molar-refractivity contribution in [1.82, 2.24) is 4.31 Å². The van der Waals surface area contributed by atoms with E-state index in [1.54, 1.807) is 28.6 Å². The van der Waals surface area contributed by atoms with E-state index in [-0.39, 0.29) is 10.8 Å². The van der Waals surface area contributed by atoms with Crippen molar-refractivity contribution in [2.45, 2.75) is 44.4 Å². The maximum Gasteiger partial charge on any atom is 0.248 e. The first-order valence-corrected chi connectivity index (χ1v) is 12.0. The number of hydrogen-bond donors (Lipinski definition) is 1. The van der Waals surface area contributed by atoms with Crippen molar-refractivity contribution in [3.05, 3.63) is 65.2 Å². The predicted octanol–water partition coefficient (Wildman–Crippen LogP) is 5.58. The largest absolute Gasteiger partial charge is 0.323 e. The van der Waals surface area contributed by atoms with Crippen molar-refractivity contribution in [1.29, 1.82) is 0 Å². The van der Waals surface area contributed by atoms with Crippen LogP contribution in [0.15, 0.2) is 59.5 Å². The minimum absolute atomic E-state index is 0.235. The zero-order valence-electron chi connectivity index (χ0n) is 17.5. The van der Waals surface area contributed by atoms with Gasteiger partial charge in [-0.05, 0) is 54.8 Å². The highest BCUT2D eigenvalue weighted by molar-refractivity contribution is 7.89. The van der Waals surface area contributed by atoms with E-state index >= 15 is 0 Å². The van der Waals surface area contributed by atoms with Crippen LogP contribution in [-0.2, 0) is 14.8 Å². The lowest BCUT2D eigenvalue weighted by atomic mass is 10.2. The molecule has 5 nitrogen and oxygen atoms in total. The van der Waals surface area contributed by atoms with E-state index in [1.807, 2.05) is 32.0 Å². The summed E-state index contributed by atoms with van der Waals surface area (Å²) in [4.78, 5) is 12.4. The molecule has 0 unspecified atom stereocenters. The molecule has 0 spiro atoms. The molecule has 0 aliphatic heterocycles. The van der Waals surface area contributed by atoms with Gasteiger partial charge in [0, 0.05) is 29.9 Å². The molecule has 1 amide bonds. The molecule has 7 heteroatoms. The van der Waals surface area contributed by atoms with Crippen LogP contribution in [0.1, 0.15) is 45.1 Å². The Morgan fingerprint density at radius 3 is 2.17 bits per heavy atom. The molecule has 0 aliphatic rings. The lowest BCUT2D eigenvalue weighted by molar-refractivity contribution is -0.111. The maximum absolute atomic E-state index is 13.0. The first kappa shape index (κ1) is 24.1. The van der Waals surface area contributed by atoms with Gasteiger partial charge < -0.3 is 5.32 Å². The van der Waals surface area contributed by atoms with Gasteiger partial charge in [0.1, 0.15) is 0 Å². The first-order valence-electron chi connectivity index (χ1n) is 10.2. The smallest absolute Gasteiger partial charge is 0.248 e. The number of amides is 1. The van der Waals surface area contributed by atoms with Crippen molar-refractivity contribution in [3.63, 3.8) is 0 Å². The van der Waals surface area contributed by atoms with E-state index in [9.17, 15) is 13.2 Å². The number of halogens is 1. The monoisotopic (exact) mass is 448 g/mol. The summed E-state index contributed by atoms with van der Waals surface area (Å²) in [5.74, 6) is -0.321. The van der Waals surface area contributed by atoms with Crippen LogP contribution >= 0.6 is 11.6 Å². The molecule has 0 fully saturated rings. The highest BCUT2D eigenvalue weighted by atomic mass is 35.5. The van der Waals surface area contributed by atoms with E-state index in [4.69, 9.17) is 11.6 Å². The van der Waals surface area contributed by atoms with Gasteiger partial charge >= 0.3 is 0 Å². The zero-order valence-corrected chi connectivity index (χ0v) is 19.0. The number of nitrogens with one attached hydrogen (secondary N) is 1. The topological polar surface area (TPSA) is 66.5 Å². The Morgan fingerprint density at radius 1 is 1.00 bits per heavy atom. The molecule has 2 aromatic carbocycles. The third-order valence-corrected chi connectivity index (χ3v) is 6.86. The number of rotatable bonds is 11. The van der Waals surface area contributed by atoms with Gasteiger partial charge in [0.25, 0.3) is 0 Å². The average Bonchev–Trinajstić information content (AvgIpc) is 2.73. The number of nitrogens with zero attached hydrogens (tertiary/aromatic N) is 1. The fourth-order valence-electron chi connectivity index (χ4n) is 2.84. The Balaban J connectivity index is 2.07. The normalized spacial score (nSPS) is 11.9. The molecule has 0 atom stereocenters. The van der Waals surface area contributed by atoms with Crippen LogP contribution in [-0.4, -0.2) is 31.7 Å². The molecule has 0 bridgehead atoms. The van der Waals surface area contributed by atoms with E-state index < -0.39 is 10.0 Å². The summed E-state index contributed by atoms with van der Waals surface area (Å²) in [5.41, 5.74) is 1.27. The highest BCUT2D eigenvalue weighted by Gasteiger charge is 2.23.